The van der Waals surface area contributed by atoms with E-state index in [1.54, 1.807) is 26.0 Å². The third-order valence-electron chi connectivity index (χ3n) is 2.34. The summed E-state index contributed by atoms with van der Waals surface area (Å²) < 4.78 is 44.2. The van der Waals surface area contributed by atoms with Crippen molar-refractivity contribution >= 4 is 17.2 Å². The van der Waals surface area contributed by atoms with E-state index in [2.05, 4.69) is 4.74 Å². The van der Waals surface area contributed by atoms with Crippen LogP contribution in [0, 0.1) is 13.8 Å². The molecular weight excluding hydrogens is 279 g/mol. The molecule has 0 spiro atoms. The first-order valence-electron chi connectivity index (χ1n) is 5.45. The predicted molar refractivity (Wildman–Crippen MR) is 69.3 cm³/mol. The summed E-state index contributed by atoms with van der Waals surface area (Å²) in [7, 11) is 0. The summed E-state index contributed by atoms with van der Waals surface area (Å²) in [6.45, 7) is 2.80. The number of nitrogens with two attached hydrogens (primary N) is 1. The van der Waals surface area contributed by atoms with Gasteiger partial charge in [-0.05, 0) is 37.1 Å². The van der Waals surface area contributed by atoms with E-state index in [1.165, 1.54) is 0 Å². The zero-order valence-electron chi connectivity index (χ0n) is 10.5. The number of thiocarbonyl (C=S) groups is 1. The maximum Gasteiger partial charge on any atom is 0.522 e. The van der Waals surface area contributed by atoms with Gasteiger partial charge >= 0.3 is 6.36 Å². The molecule has 0 radical (unpaired) electrons. The molecule has 0 saturated heterocycles. The maximum absolute atomic E-state index is 11.8. The first kappa shape index (κ1) is 15.7. The molecule has 0 aliphatic heterocycles. The normalized spacial score (nSPS) is 11.4. The van der Waals surface area contributed by atoms with E-state index in [-0.39, 0.29) is 11.6 Å². The van der Waals surface area contributed by atoms with Crippen LogP contribution in [-0.4, -0.2) is 24.6 Å². The summed E-state index contributed by atoms with van der Waals surface area (Å²) in [5, 5.41) is 0. The van der Waals surface area contributed by atoms with Gasteiger partial charge in [0.1, 0.15) is 17.3 Å². The van der Waals surface area contributed by atoms with E-state index in [1.807, 2.05) is 0 Å². The molecule has 0 aliphatic carbocycles. The Balaban J connectivity index is 2.67. The average molecular weight is 293 g/mol. The lowest BCUT2D eigenvalue weighted by Crippen LogP contribution is -2.18. The minimum Gasteiger partial charge on any atom is -0.491 e. The Morgan fingerprint density at radius 3 is 2.16 bits per heavy atom. The first-order valence-corrected chi connectivity index (χ1v) is 5.86. The van der Waals surface area contributed by atoms with E-state index in [9.17, 15) is 13.2 Å². The second-order valence-corrected chi connectivity index (χ2v) is 4.39. The number of hydrogen-bond donors (Lipinski definition) is 1. The molecule has 0 fully saturated rings. The van der Waals surface area contributed by atoms with Crippen molar-refractivity contribution in [1.29, 1.82) is 0 Å². The van der Waals surface area contributed by atoms with Gasteiger partial charge in [-0.1, -0.05) is 12.2 Å². The van der Waals surface area contributed by atoms with E-state index < -0.39 is 13.0 Å². The second-order valence-electron chi connectivity index (χ2n) is 3.95. The molecule has 0 heterocycles. The van der Waals surface area contributed by atoms with Gasteiger partial charge in [0, 0.05) is 5.56 Å². The third-order valence-corrected chi connectivity index (χ3v) is 2.58. The molecule has 0 bridgehead atoms. The molecule has 7 heteroatoms. The Hall–Kier alpha value is -1.34. The fraction of sp³-hybridized carbons (Fsp3) is 0.417. The number of benzene rings is 1. The lowest BCUT2D eigenvalue weighted by atomic mass is 10.1. The van der Waals surface area contributed by atoms with Crippen LogP contribution in [0.3, 0.4) is 0 Å². The SMILES string of the molecule is Cc1cc(C(N)=S)cc(C)c1OCCOC(F)(F)F. The van der Waals surface area contributed by atoms with Crippen molar-refractivity contribution in [2.45, 2.75) is 20.2 Å². The predicted octanol–water partition coefficient (Wildman–Crippen LogP) is 2.85. The van der Waals surface area contributed by atoms with E-state index in [4.69, 9.17) is 22.7 Å². The topological polar surface area (TPSA) is 44.5 Å². The fourth-order valence-corrected chi connectivity index (χ4v) is 1.74. The molecule has 0 aliphatic rings. The second kappa shape index (κ2) is 6.21. The highest BCUT2D eigenvalue weighted by molar-refractivity contribution is 7.80. The van der Waals surface area contributed by atoms with Crippen LogP contribution in [0.25, 0.3) is 0 Å². The van der Waals surface area contributed by atoms with E-state index >= 15 is 0 Å². The van der Waals surface area contributed by atoms with Crippen LogP contribution in [0.15, 0.2) is 12.1 Å². The molecule has 0 atom stereocenters. The summed E-state index contributed by atoms with van der Waals surface area (Å²) in [5.74, 6) is 0.519. The van der Waals surface area contributed by atoms with Gasteiger partial charge in [0.05, 0.1) is 6.61 Å². The molecule has 1 aromatic carbocycles. The van der Waals surface area contributed by atoms with Crippen LogP contribution < -0.4 is 10.5 Å². The number of rotatable bonds is 5. The highest BCUT2D eigenvalue weighted by Gasteiger charge is 2.28. The minimum absolute atomic E-state index is 0.187. The van der Waals surface area contributed by atoms with Crippen LogP contribution >= 0.6 is 12.2 Å². The van der Waals surface area contributed by atoms with Gasteiger partial charge in [-0.2, -0.15) is 0 Å². The van der Waals surface area contributed by atoms with Crippen LogP contribution in [0.5, 0.6) is 5.75 Å². The Morgan fingerprint density at radius 2 is 1.74 bits per heavy atom. The summed E-state index contributed by atoms with van der Waals surface area (Å²) >= 11 is 4.86. The molecular formula is C12H14F3NO2S. The molecule has 1 rings (SSSR count). The number of hydrogen-bond acceptors (Lipinski definition) is 3. The minimum atomic E-state index is -4.64. The van der Waals surface area contributed by atoms with Gasteiger partial charge in [-0.3, -0.25) is 4.74 Å². The van der Waals surface area contributed by atoms with Crippen molar-refractivity contribution in [3.8, 4) is 5.75 Å². The zero-order chi connectivity index (χ0) is 14.6. The van der Waals surface area contributed by atoms with E-state index in [0.717, 1.165) is 11.1 Å². The molecule has 3 nitrogen and oxygen atoms in total. The zero-order valence-corrected chi connectivity index (χ0v) is 11.3. The Labute approximate surface area is 114 Å². The van der Waals surface area contributed by atoms with Crippen LogP contribution in [0.4, 0.5) is 13.2 Å². The lowest BCUT2D eigenvalue weighted by Gasteiger charge is -2.14. The number of alkyl halides is 3. The largest absolute Gasteiger partial charge is 0.522 e. The van der Waals surface area contributed by atoms with Crippen LogP contribution in [0.2, 0.25) is 0 Å². The summed E-state index contributed by atoms with van der Waals surface area (Å²) in [5.41, 5.74) is 7.73. The van der Waals surface area contributed by atoms with Crippen LogP contribution in [0.1, 0.15) is 16.7 Å². The average Bonchev–Trinajstić information content (AvgIpc) is 2.25. The smallest absolute Gasteiger partial charge is 0.491 e. The maximum atomic E-state index is 11.8. The Morgan fingerprint density at radius 1 is 1.21 bits per heavy atom. The third kappa shape index (κ3) is 5.04. The molecule has 1 aromatic rings. The number of halogens is 3. The lowest BCUT2D eigenvalue weighted by molar-refractivity contribution is -0.325. The summed E-state index contributed by atoms with van der Waals surface area (Å²) in [6.07, 6.45) is -4.64. The van der Waals surface area contributed by atoms with Gasteiger partial charge in [0.15, 0.2) is 0 Å². The summed E-state index contributed by atoms with van der Waals surface area (Å²) in [4.78, 5) is 0.262. The van der Waals surface area contributed by atoms with Gasteiger partial charge in [-0.25, -0.2) is 0 Å². The van der Waals surface area contributed by atoms with Crippen molar-refractivity contribution in [2.24, 2.45) is 5.73 Å². The van der Waals surface area contributed by atoms with Crippen molar-refractivity contribution in [3.05, 3.63) is 28.8 Å². The molecule has 0 unspecified atom stereocenters. The Bertz CT molecular complexity index is 452. The summed E-state index contributed by atoms with van der Waals surface area (Å²) in [6, 6.07) is 3.46. The molecule has 0 aromatic heterocycles. The quantitative estimate of drug-likeness (QED) is 0.670. The number of ether oxygens (including phenoxy) is 2. The molecule has 0 saturated carbocycles. The highest BCUT2D eigenvalue weighted by atomic mass is 32.1. The highest BCUT2D eigenvalue weighted by Crippen LogP contribution is 2.25. The van der Waals surface area contributed by atoms with Gasteiger partial charge in [0.25, 0.3) is 0 Å². The number of aryl methyl sites for hydroxylation is 2. The Kier molecular flexibility index (Phi) is 5.13. The molecule has 0 amide bonds. The standard InChI is InChI=1S/C12H14F3NO2S/c1-7-5-9(11(16)19)6-8(2)10(7)17-3-4-18-12(13,14)15/h5-6H,3-4H2,1-2H3,(H2,16,19). The van der Waals surface area contributed by atoms with Crippen molar-refractivity contribution < 1.29 is 22.6 Å². The molecule has 106 valence electrons. The van der Waals surface area contributed by atoms with Crippen molar-refractivity contribution in [1.82, 2.24) is 0 Å². The van der Waals surface area contributed by atoms with Gasteiger partial charge < -0.3 is 10.5 Å². The van der Waals surface area contributed by atoms with Crippen LogP contribution in [-0.2, 0) is 4.74 Å². The van der Waals surface area contributed by atoms with Gasteiger partial charge in [-0.15, -0.1) is 13.2 Å². The van der Waals surface area contributed by atoms with Crippen molar-refractivity contribution in [2.75, 3.05) is 13.2 Å². The fourth-order valence-electron chi connectivity index (χ4n) is 1.62. The molecule has 19 heavy (non-hydrogen) atoms. The van der Waals surface area contributed by atoms with Gasteiger partial charge in [0.2, 0.25) is 0 Å². The first-order chi connectivity index (χ1) is 8.70. The monoisotopic (exact) mass is 293 g/mol. The van der Waals surface area contributed by atoms with E-state index in [0.29, 0.717) is 11.3 Å². The van der Waals surface area contributed by atoms with Crippen molar-refractivity contribution in [3.63, 3.8) is 0 Å². The molecule has 2 N–H and O–H groups in total.